The van der Waals surface area contributed by atoms with E-state index in [1.54, 1.807) is 5.57 Å². The Bertz CT molecular complexity index is 127. The zero-order valence-electron chi connectivity index (χ0n) is 6.64. The van der Waals surface area contributed by atoms with Gasteiger partial charge in [-0.05, 0) is 32.1 Å². The van der Waals surface area contributed by atoms with Gasteiger partial charge in [0.1, 0.15) is 0 Å². The lowest BCUT2D eigenvalue weighted by Gasteiger charge is -2.16. The third-order valence-corrected chi connectivity index (χ3v) is 2.84. The van der Waals surface area contributed by atoms with Crippen molar-refractivity contribution in [1.82, 2.24) is 0 Å². The van der Waals surface area contributed by atoms with Gasteiger partial charge in [0.2, 0.25) is 0 Å². The molecule has 0 fully saturated rings. The Morgan fingerprint density at radius 1 is 1.60 bits per heavy atom. The predicted octanol–water partition coefficient (Wildman–Crippen LogP) is 3.20. The quantitative estimate of drug-likeness (QED) is 0.460. The smallest absolute Gasteiger partial charge is 0.0223 e. The van der Waals surface area contributed by atoms with Crippen molar-refractivity contribution in [3.05, 3.63) is 11.6 Å². The Morgan fingerprint density at radius 2 is 2.40 bits per heavy atom. The van der Waals surface area contributed by atoms with E-state index in [1.165, 1.54) is 32.1 Å². The first-order valence-electron chi connectivity index (χ1n) is 4.21. The predicted molar refractivity (Wildman–Crippen MR) is 49.6 cm³/mol. The fourth-order valence-electron chi connectivity index (χ4n) is 1.43. The molecule has 1 aliphatic rings. The van der Waals surface area contributed by atoms with Crippen molar-refractivity contribution in [2.24, 2.45) is 0 Å². The van der Waals surface area contributed by atoms with Gasteiger partial charge in [-0.2, -0.15) is 12.6 Å². The average Bonchev–Trinajstić information content (AvgIpc) is 2.05. The molecule has 0 saturated carbocycles. The van der Waals surface area contributed by atoms with Crippen LogP contribution in [0.1, 0.15) is 39.0 Å². The molecule has 1 atom stereocenters. The summed E-state index contributed by atoms with van der Waals surface area (Å²) < 4.78 is 0. The zero-order chi connectivity index (χ0) is 7.40. The summed E-state index contributed by atoms with van der Waals surface area (Å²) >= 11 is 4.50. The van der Waals surface area contributed by atoms with Gasteiger partial charge in [0.15, 0.2) is 0 Å². The molecule has 0 radical (unpaired) electrons. The normalized spacial score (nSPS) is 22.0. The van der Waals surface area contributed by atoms with Crippen LogP contribution in [0.15, 0.2) is 11.6 Å². The van der Waals surface area contributed by atoms with Crippen molar-refractivity contribution in [3.8, 4) is 0 Å². The standard InChI is InChI=1S/C9H16S/c1-2-9(10)8-6-4-3-5-7-8/h6,9-10H,2-5,7H2,1H3. The highest BCUT2D eigenvalue weighted by molar-refractivity contribution is 7.81. The van der Waals surface area contributed by atoms with E-state index < -0.39 is 0 Å². The minimum atomic E-state index is 0.542. The highest BCUT2D eigenvalue weighted by Gasteiger charge is 2.09. The zero-order valence-corrected chi connectivity index (χ0v) is 7.53. The molecule has 1 heteroatoms. The number of allylic oxidation sites excluding steroid dienone is 1. The second-order valence-electron chi connectivity index (χ2n) is 2.95. The largest absolute Gasteiger partial charge is 0.171 e. The monoisotopic (exact) mass is 156 g/mol. The third-order valence-electron chi connectivity index (χ3n) is 2.14. The molecule has 58 valence electrons. The van der Waals surface area contributed by atoms with Crippen LogP contribution in [-0.2, 0) is 0 Å². The van der Waals surface area contributed by atoms with Gasteiger partial charge in [0.05, 0.1) is 0 Å². The molecule has 10 heavy (non-hydrogen) atoms. The Kier molecular flexibility index (Phi) is 3.33. The lowest BCUT2D eigenvalue weighted by molar-refractivity contribution is 0.676. The van der Waals surface area contributed by atoms with E-state index in [-0.39, 0.29) is 0 Å². The minimum absolute atomic E-state index is 0.542. The molecule has 1 unspecified atom stereocenters. The molecule has 1 rings (SSSR count). The van der Waals surface area contributed by atoms with Gasteiger partial charge in [-0.25, -0.2) is 0 Å². The lowest BCUT2D eigenvalue weighted by Crippen LogP contribution is -2.04. The van der Waals surface area contributed by atoms with E-state index in [0.29, 0.717) is 5.25 Å². The Hall–Kier alpha value is 0.0900. The highest BCUT2D eigenvalue weighted by atomic mass is 32.1. The molecule has 0 bridgehead atoms. The minimum Gasteiger partial charge on any atom is -0.171 e. The SMILES string of the molecule is CCC(S)C1=CCCCC1. The number of rotatable bonds is 2. The van der Waals surface area contributed by atoms with Gasteiger partial charge < -0.3 is 0 Å². The van der Waals surface area contributed by atoms with Crippen LogP contribution in [0, 0.1) is 0 Å². The van der Waals surface area contributed by atoms with Crippen LogP contribution in [0.5, 0.6) is 0 Å². The van der Waals surface area contributed by atoms with E-state index >= 15 is 0 Å². The van der Waals surface area contributed by atoms with Crippen LogP contribution in [0.25, 0.3) is 0 Å². The fourth-order valence-corrected chi connectivity index (χ4v) is 1.66. The first-order chi connectivity index (χ1) is 4.84. The van der Waals surface area contributed by atoms with Crippen LogP contribution < -0.4 is 0 Å². The molecule has 1 aliphatic carbocycles. The molecule has 0 aromatic carbocycles. The Morgan fingerprint density at radius 3 is 2.90 bits per heavy atom. The van der Waals surface area contributed by atoms with Crippen molar-refractivity contribution in [3.63, 3.8) is 0 Å². The van der Waals surface area contributed by atoms with Crippen LogP contribution in [-0.4, -0.2) is 5.25 Å². The lowest BCUT2D eigenvalue weighted by atomic mass is 9.96. The first kappa shape index (κ1) is 8.19. The Labute approximate surface area is 69.1 Å². The van der Waals surface area contributed by atoms with Crippen LogP contribution in [0.2, 0.25) is 0 Å². The summed E-state index contributed by atoms with van der Waals surface area (Å²) in [6.45, 7) is 2.20. The molecular formula is C9H16S. The van der Waals surface area contributed by atoms with Gasteiger partial charge in [-0.1, -0.05) is 18.6 Å². The molecule has 0 N–H and O–H groups in total. The maximum Gasteiger partial charge on any atom is 0.0223 e. The number of hydrogen-bond acceptors (Lipinski definition) is 1. The highest BCUT2D eigenvalue weighted by Crippen LogP contribution is 2.24. The van der Waals surface area contributed by atoms with Gasteiger partial charge in [-0.15, -0.1) is 0 Å². The molecule has 0 aliphatic heterocycles. The summed E-state index contributed by atoms with van der Waals surface area (Å²) in [5, 5.41) is 0.542. The summed E-state index contributed by atoms with van der Waals surface area (Å²) in [5.74, 6) is 0. The number of thiol groups is 1. The summed E-state index contributed by atoms with van der Waals surface area (Å²) in [6, 6.07) is 0. The molecule has 0 spiro atoms. The topological polar surface area (TPSA) is 0 Å². The van der Waals surface area contributed by atoms with Crippen molar-refractivity contribution >= 4 is 12.6 Å². The van der Waals surface area contributed by atoms with E-state index in [0.717, 1.165) is 0 Å². The van der Waals surface area contributed by atoms with Crippen LogP contribution in [0.3, 0.4) is 0 Å². The summed E-state index contributed by atoms with van der Waals surface area (Å²) in [4.78, 5) is 0. The van der Waals surface area contributed by atoms with Crippen molar-refractivity contribution < 1.29 is 0 Å². The molecule has 0 aromatic heterocycles. The van der Waals surface area contributed by atoms with Crippen molar-refractivity contribution in [2.75, 3.05) is 0 Å². The second kappa shape index (κ2) is 4.07. The maximum absolute atomic E-state index is 4.50. The molecule has 0 heterocycles. The van der Waals surface area contributed by atoms with Gasteiger partial charge in [0.25, 0.3) is 0 Å². The molecule has 0 aromatic rings. The fraction of sp³-hybridized carbons (Fsp3) is 0.778. The van der Waals surface area contributed by atoms with Crippen LogP contribution in [0.4, 0.5) is 0 Å². The molecule has 0 amide bonds. The molecular weight excluding hydrogens is 140 g/mol. The Balaban J connectivity index is 2.44. The van der Waals surface area contributed by atoms with Gasteiger partial charge in [-0.3, -0.25) is 0 Å². The average molecular weight is 156 g/mol. The third kappa shape index (κ3) is 2.05. The summed E-state index contributed by atoms with van der Waals surface area (Å²) in [5.41, 5.74) is 1.58. The molecule has 0 saturated heterocycles. The van der Waals surface area contributed by atoms with Crippen LogP contribution >= 0.6 is 12.6 Å². The van der Waals surface area contributed by atoms with Crippen molar-refractivity contribution in [1.29, 1.82) is 0 Å². The first-order valence-corrected chi connectivity index (χ1v) is 4.73. The molecule has 0 nitrogen and oxygen atoms in total. The summed E-state index contributed by atoms with van der Waals surface area (Å²) in [7, 11) is 0. The van der Waals surface area contributed by atoms with Crippen molar-refractivity contribution in [2.45, 2.75) is 44.3 Å². The van der Waals surface area contributed by atoms with Gasteiger partial charge >= 0.3 is 0 Å². The van der Waals surface area contributed by atoms with Gasteiger partial charge in [0, 0.05) is 5.25 Å². The van der Waals surface area contributed by atoms with E-state index in [2.05, 4.69) is 25.6 Å². The maximum atomic E-state index is 4.50. The summed E-state index contributed by atoms with van der Waals surface area (Å²) in [6.07, 6.45) is 8.89. The second-order valence-corrected chi connectivity index (χ2v) is 3.57. The number of hydrogen-bond donors (Lipinski definition) is 1. The van der Waals surface area contributed by atoms with E-state index in [9.17, 15) is 0 Å². The van der Waals surface area contributed by atoms with E-state index in [1.807, 2.05) is 0 Å². The van der Waals surface area contributed by atoms with E-state index in [4.69, 9.17) is 0 Å².